The van der Waals surface area contributed by atoms with Crippen LogP contribution >= 0.6 is 0 Å². The number of pyridine rings is 1. The van der Waals surface area contributed by atoms with Gasteiger partial charge in [-0.2, -0.15) is 4.31 Å². The molecule has 0 unspecified atom stereocenters. The van der Waals surface area contributed by atoms with E-state index >= 15 is 0 Å². The van der Waals surface area contributed by atoms with Crippen molar-refractivity contribution in [3.8, 4) is 5.75 Å². The number of hydrogen-bond donors (Lipinski definition) is 0. The SMILES string of the molecule is COc1ccc(S(=O)(=O)N2CCN(c3ccc([N+](=O)[O-])c4cccnc34)CC2)cc1. The number of ether oxygens (including phenoxy) is 1. The van der Waals surface area contributed by atoms with Gasteiger partial charge in [0.25, 0.3) is 5.69 Å². The molecule has 1 fully saturated rings. The molecular formula is C20H20N4O5S. The highest BCUT2D eigenvalue weighted by atomic mass is 32.2. The molecule has 0 spiro atoms. The molecule has 156 valence electrons. The summed E-state index contributed by atoms with van der Waals surface area (Å²) in [6.45, 7) is 1.52. The predicted octanol–water partition coefficient (Wildman–Crippen LogP) is 2.66. The third-order valence-electron chi connectivity index (χ3n) is 5.20. The molecule has 0 bridgehead atoms. The number of sulfonamides is 1. The number of fused-ring (bicyclic) bond motifs is 1. The number of nitrogens with zero attached hydrogens (tertiary/aromatic N) is 4. The Hall–Kier alpha value is -3.24. The first kappa shape index (κ1) is 20.0. The van der Waals surface area contributed by atoms with Gasteiger partial charge in [0.2, 0.25) is 10.0 Å². The maximum Gasteiger partial charge on any atom is 0.278 e. The van der Waals surface area contributed by atoms with Crippen molar-refractivity contribution in [2.24, 2.45) is 0 Å². The Kier molecular flexibility index (Phi) is 5.27. The molecule has 2 aromatic carbocycles. The molecular weight excluding hydrogens is 408 g/mol. The molecule has 4 rings (SSSR count). The Labute approximate surface area is 173 Å². The maximum absolute atomic E-state index is 12.9. The Bertz CT molecular complexity index is 1190. The van der Waals surface area contributed by atoms with Crippen molar-refractivity contribution in [1.29, 1.82) is 0 Å². The molecule has 1 saturated heterocycles. The molecule has 30 heavy (non-hydrogen) atoms. The van der Waals surface area contributed by atoms with Crippen molar-refractivity contribution < 1.29 is 18.1 Å². The molecule has 3 aromatic rings. The quantitative estimate of drug-likeness (QED) is 0.454. The number of hydrogen-bond acceptors (Lipinski definition) is 7. The summed E-state index contributed by atoms with van der Waals surface area (Å²) in [6.07, 6.45) is 1.60. The van der Waals surface area contributed by atoms with Gasteiger partial charge >= 0.3 is 0 Å². The van der Waals surface area contributed by atoms with Gasteiger partial charge in [0.15, 0.2) is 0 Å². The van der Waals surface area contributed by atoms with Gasteiger partial charge < -0.3 is 9.64 Å². The van der Waals surface area contributed by atoms with Crippen LogP contribution in [0.15, 0.2) is 59.6 Å². The first-order valence-corrected chi connectivity index (χ1v) is 10.8. The largest absolute Gasteiger partial charge is 0.497 e. The normalized spacial score (nSPS) is 15.3. The van der Waals surface area contributed by atoms with Crippen LogP contribution in [0.4, 0.5) is 11.4 Å². The highest BCUT2D eigenvalue weighted by Crippen LogP contribution is 2.33. The highest BCUT2D eigenvalue weighted by Gasteiger charge is 2.29. The van der Waals surface area contributed by atoms with Crippen LogP contribution in [0, 0.1) is 10.1 Å². The molecule has 9 nitrogen and oxygen atoms in total. The van der Waals surface area contributed by atoms with Crippen LogP contribution in [0.25, 0.3) is 10.9 Å². The molecule has 0 saturated carbocycles. The van der Waals surface area contributed by atoms with Crippen LogP contribution in [-0.2, 0) is 10.0 Å². The second-order valence-corrected chi connectivity index (χ2v) is 8.77. The van der Waals surface area contributed by atoms with Crippen molar-refractivity contribution in [3.05, 3.63) is 64.8 Å². The Balaban J connectivity index is 1.56. The standard InChI is InChI=1S/C20H20N4O5S/c1-29-15-4-6-16(7-5-15)30(27,28)23-13-11-22(12-14-23)19-9-8-18(24(25)26)17-3-2-10-21-20(17)19/h2-10H,11-14H2,1H3. The van der Waals surface area contributed by atoms with E-state index in [1.54, 1.807) is 36.5 Å². The zero-order valence-corrected chi connectivity index (χ0v) is 17.1. The lowest BCUT2D eigenvalue weighted by Gasteiger charge is -2.35. The van der Waals surface area contributed by atoms with Crippen LogP contribution in [-0.4, -0.2) is 55.9 Å². The summed E-state index contributed by atoms with van der Waals surface area (Å²) in [5.74, 6) is 0.594. The summed E-state index contributed by atoms with van der Waals surface area (Å²) in [4.78, 5) is 17.5. The Morgan fingerprint density at radius 3 is 2.37 bits per heavy atom. The minimum absolute atomic E-state index is 0.00238. The monoisotopic (exact) mass is 428 g/mol. The lowest BCUT2D eigenvalue weighted by molar-refractivity contribution is -0.383. The van der Waals surface area contributed by atoms with Crippen molar-refractivity contribution >= 4 is 32.3 Å². The van der Waals surface area contributed by atoms with E-state index in [1.165, 1.54) is 29.6 Å². The number of piperazine rings is 1. The number of aromatic nitrogens is 1. The van der Waals surface area contributed by atoms with E-state index in [0.717, 1.165) is 5.69 Å². The zero-order valence-electron chi connectivity index (χ0n) is 16.3. The fourth-order valence-corrected chi connectivity index (χ4v) is 5.05. The minimum Gasteiger partial charge on any atom is -0.497 e. The molecule has 0 aliphatic carbocycles. The number of non-ortho nitro benzene ring substituents is 1. The summed E-state index contributed by atoms with van der Waals surface area (Å²) in [5.41, 5.74) is 1.30. The van der Waals surface area contributed by atoms with Crippen LogP contribution in [0.1, 0.15) is 0 Å². The van der Waals surface area contributed by atoms with Gasteiger partial charge in [-0.15, -0.1) is 0 Å². The molecule has 1 aliphatic heterocycles. The van der Waals surface area contributed by atoms with Gasteiger partial charge in [-0.1, -0.05) is 0 Å². The van der Waals surface area contributed by atoms with Crippen LogP contribution in [0.5, 0.6) is 5.75 Å². The average Bonchev–Trinajstić information content (AvgIpc) is 2.78. The summed E-state index contributed by atoms with van der Waals surface area (Å²) in [6, 6.07) is 12.8. The number of benzene rings is 2. The van der Waals surface area contributed by atoms with Gasteiger partial charge in [-0.05, 0) is 42.5 Å². The molecule has 0 N–H and O–H groups in total. The number of nitro benzene ring substituents is 1. The molecule has 0 amide bonds. The van der Waals surface area contributed by atoms with E-state index in [4.69, 9.17) is 4.74 Å². The van der Waals surface area contributed by atoms with Crippen LogP contribution in [0.2, 0.25) is 0 Å². The van der Waals surface area contributed by atoms with Gasteiger partial charge in [0.05, 0.1) is 28.0 Å². The Morgan fingerprint density at radius 1 is 1.03 bits per heavy atom. The van der Waals surface area contributed by atoms with Gasteiger partial charge in [0, 0.05) is 38.4 Å². The van der Waals surface area contributed by atoms with Crippen LogP contribution < -0.4 is 9.64 Å². The maximum atomic E-state index is 12.9. The summed E-state index contributed by atoms with van der Waals surface area (Å²) >= 11 is 0. The number of anilines is 1. The third-order valence-corrected chi connectivity index (χ3v) is 7.11. The van der Waals surface area contributed by atoms with Crippen molar-refractivity contribution in [2.45, 2.75) is 4.90 Å². The summed E-state index contributed by atoms with van der Waals surface area (Å²) in [7, 11) is -2.08. The second-order valence-electron chi connectivity index (χ2n) is 6.83. The van der Waals surface area contributed by atoms with E-state index in [1.807, 2.05) is 4.90 Å². The molecule has 0 atom stereocenters. The summed E-state index contributed by atoms with van der Waals surface area (Å²) in [5, 5.41) is 11.8. The van der Waals surface area contributed by atoms with Crippen LogP contribution in [0.3, 0.4) is 0 Å². The molecule has 1 aromatic heterocycles. The molecule has 0 radical (unpaired) electrons. The van der Waals surface area contributed by atoms with Crippen molar-refractivity contribution in [2.75, 3.05) is 38.2 Å². The van der Waals surface area contributed by atoms with Crippen molar-refractivity contribution in [3.63, 3.8) is 0 Å². The molecule has 1 aliphatic rings. The summed E-state index contributed by atoms with van der Waals surface area (Å²) < 4.78 is 32.4. The minimum atomic E-state index is -3.61. The van der Waals surface area contributed by atoms with Gasteiger partial charge in [0.1, 0.15) is 11.3 Å². The second kappa shape index (κ2) is 7.88. The van der Waals surface area contributed by atoms with E-state index in [2.05, 4.69) is 4.98 Å². The van der Waals surface area contributed by atoms with Gasteiger partial charge in [-0.25, -0.2) is 8.42 Å². The zero-order chi connectivity index (χ0) is 21.3. The van der Waals surface area contributed by atoms with Crippen molar-refractivity contribution in [1.82, 2.24) is 9.29 Å². The third kappa shape index (κ3) is 3.55. The number of nitro groups is 1. The number of methoxy groups -OCH3 is 1. The fourth-order valence-electron chi connectivity index (χ4n) is 3.62. The van der Waals surface area contributed by atoms with Gasteiger partial charge in [-0.3, -0.25) is 15.1 Å². The fraction of sp³-hybridized carbons (Fsp3) is 0.250. The average molecular weight is 428 g/mol. The molecule has 10 heteroatoms. The number of rotatable bonds is 5. The van der Waals surface area contributed by atoms with E-state index in [9.17, 15) is 18.5 Å². The predicted molar refractivity (Wildman–Crippen MR) is 112 cm³/mol. The highest BCUT2D eigenvalue weighted by molar-refractivity contribution is 7.89. The van der Waals surface area contributed by atoms with E-state index < -0.39 is 14.9 Å². The lowest BCUT2D eigenvalue weighted by Crippen LogP contribution is -2.48. The smallest absolute Gasteiger partial charge is 0.278 e. The van der Waals surface area contributed by atoms with E-state index in [-0.39, 0.29) is 10.6 Å². The lowest BCUT2D eigenvalue weighted by atomic mass is 10.1. The molecule has 2 heterocycles. The first-order chi connectivity index (χ1) is 14.4. The topological polar surface area (TPSA) is 106 Å². The Morgan fingerprint density at radius 2 is 1.73 bits per heavy atom. The first-order valence-electron chi connectivity index (χ1n) is 9.33. The van der Waals surface area contributed by atoms with E-state index in [0.29, 0.717) is 42.8 Å².